The molecule has 4 amide bonds. The number of carbonyl (C=O) groups is 6. The Morgan fingerprint density at radius 3 is 1.23 bits per heavy atom. The zero-order valence-corrected chi connectivity index (χ0v) is 43.7. The molecule has 2 aliphatic rings. The van der Waals surface area contributed by atoms with E-state index in [9.17, 15) is 33.9 Å². The summed E-state index contributed by atoms with van der Waals surface area (Å²) in [4.78, 5) is 80.0. The number of esters is 1. The van der Waals surface area contributed by atoms with E-state index in [1.807, 2.05) is 0 Å². The normalized spacial score (nSPS) is 15.3. The summed E-state index contributed by atoms with van der Waals surface area (Å²) in [5.74, 6) is -2.59. The van der Waals surface area contributed by atoms with Crippen LogP contribution in [-0.4, -0.2) is 111 Å². The van der Waals surface area contributed by atoms with E-state index in [0.29, 0.717) is 37.4 Å². The van der Waals surface area contributed by atoms with Gasteiger partial charge in [-0.2, -0.15) is 0 Å². The molecule has 0 aliphatic heterocycles. The first-order valence-electron chi connectivity index (χ1n) is 23.4. The lowest BCUT2D eigenvalue weighted by molar-refractivity contribution is -0.156. The third-order valence-corrected chi connectivity index (χ3v) is 14.9. The van der Waals surface area contributed by atoms with E-state index in [-0.39, 0.29) is 55.9 Å². The maximum Gasteiger partial charge on any atom is 0.328 e. The van der Waals surface area contributed by atoms with Gasteiger partial charge < -0.3 is 39.8 Å². The zero-order valence-electron chi connectivity index (χ0n) is 40.7. The Balaban J connectivity index is 0.000000264. The van der Waals surface area contributed by atoms with Crippen molar-refractivity contribution in [2.24, 2.45) is 10.8 Å². The largest absolute Gasteiger partial charge is 0.480 e. The number of carboxylic acids is 1. The highest BCUT2D eigenvalue weighted by Crippen LogP contribution is 2.44. The summed E-state index contributed by atoms with van der Waals surface area (Å²) >= 11 is 24.5. The summed E-state index contributed by atoms with van der Waals surface area (Å²) in [5.41, 5.74) is 1.90. The monoisotopic (exact) mass is 1050 g/mol. The Morgan fingerprint density at radius 1 is 0.563 bits per heavy atom. The number of anilines is 2. The number of carboxylic acid groups (broad SMARTS) is 1. The van der Waals surface area contributed by atoms with Crippen LogP contribution in [0.1, 0.15) is 96.1 Å². The van der Waals surface area contributed by atoms with Crippen molar-refractivity contribution in [2.45, 2.75) is 89.1 Å². The first-order chi connectivity index (χ1) is 33.9. The van der Waals surface area contributed by atoms with Crippen LogP contribution in [0.2, 0.25) is 20.1 Å². The first-order valence-corrected chi connectivity index (χ1v) is 24.9. The van der Waals surface area contributed by atoms with Gasteiger partial charge in [0.1, 0.15) is 12.1 Å². The summed E-state index contributed by atoms with van der Waals surface area (Å²) < 4.78 is 15.5. The molecule has 0 bridgehead atoms. The standard InChI is InChI=1S/C27H32Cl2N2O5.C26H30Cl2N2O5/c1-31(26(34)27(15-16-35-2)13-4-5-14-27)22(25(33)36-3)17-18-9-11-19(12-10-18)30-24(32)23-20(28)7-6-8-21(23)29;1-30(25(34)26(14-15-35-2)12-3-4-13-26)21(24(32)33)16-17-8-10-18(11-9-17)29-23(31)22-19(27)6-5-7-20(22)28/h6-12,22H,4-5,13-17H2,1-3H3,(H,30,32);5-11,21H,3-4,12-16H2,1-2H3,(H,29,31)(H,32,33)/t22-;21-/m00/s1. The Bertz CT molecular complexity index is 2460. The molecule has 2 atom stereocenters. The van der Waals surface area contributed by atoms with E-state index in [0.717, 1.165) is 62.5 Å². The van der Waals surface area contributed by atoms with Crippen LogP contribution in [0, 0.1) is 10.8 Å². The molecule has 382 valence electrons. The average Bonchev–Trinajstić information content (AvgIpc) is 4.05. The molecular formula is C53H62Cl4N4O10. The van der Waals surface area contributed by atoms with Gasteiger partial charge in [0.15, 0.2) is 0 Å². The highest BCUT2D eigenvalue weighted by molar-refractivity contribution is 6.41. The minimum Gasteiger partial charge on any atom is -0.480 e. The van der Waals surface area contributed by atoms with Crippen LogP contribution in [0.4, 0.5) is 11.4 Å². The van der Waals surface area contributed by atoms with Gasteiger partial charge in [-0.3, -0.25) is 19.2 Å². The molecule has 2 saturated carbocycles. The van der Waals surface area contributed by atoms with Gasteiger partial charge in [-0.05, 0) is 98.2 Å². The molecular weight excluding hydrogens is 994 g/mol. The molecule has 4 aromatic carbocycles. The Hall–Kier alpha value is -5.22. The van der Waals surface area contributed by atoms with Gasteiger partial charge in [0.2, 0.25) is 11.8 Å². The van der Waals surface area contributed by atoms with Crippen molar-refractivity contribution < 1.29 is 48.1 Å². The van der Waals surface area contributed by atoms with Crippen LogP contribution in [0.25, 0.3) is 0 Å². The summed E-state index contributed by atoms with van der Waals surface area (Å²) in [6, 6.07) is 21.8. The predicted molar refractivity (Wildman–Crippen MR) is 277 cm³/mol. The topological polar surface area (TPSA) is 181 Å². The van der Waals surface area contributed by atoms with E-state index in [2.05, 4.69) is 10.6 Å². The number of ether oxygens (including phenoxy) is 3. The lowest BCUT2D eigenvalue weighted by Crippen LogP contribution is -2.50. The summed E-state index contributed by atoms with van der Waals surface area (Å²) in [6.45, 7) is 0.957. The number of benzene rings is 4. The molecule has 71 heavy (non-hydrogen) atoms. The Kier molecular flexibility index (Phi) is 21.1. The molecule has 2 fully saturated rings. The van der Waals surface area contributed by atoms with E-state index in [1.165, 1.54) is 16.9 Å². The molecule has 0 spiro atoms. The minimum absolute atomic E-state index is 0.0482. The third-order valence-electron chi connectivity index (χ3n) is 13.6. The molecule has 3 N–H and O–H groups in total. The van der Waals surface area contributed by atoms with Crippen LogP contribution < -0.4 is 10.6 Å². The molecule has 14 nitrogen and oxygen atoms in total. The van der Waals surface area contributed by atoms with Crippen molar-refractivity contribution in [1.82, 2.24) is 9.80 Å². The number of likely N-dealkylation sites (N-methyl/N-ethyl adjacent to an activating group) is 2. The van der Waals surface area contributed by atoms with Crippen molar-refractivity contribution >= 4 is 93.3 Å². The molecule has 4 aromatic rings. The van der Waals surface area contributed by atoms with Gasteiger partial charge in [0.05, 0.1) is 49.2 Å². The van der Waals surface area contributed by atoms with E-state index in [4.69, 9.17) is 60.6 Å². The maximum atomic E-state index is 13.6. The zero-order chi connectivity index (χ0) is 51.9. The molecule has 6 rings (SSSR count). The van der Waals surface area contributed by atoms with E-state index >= 15 is 0 Å². The van der Waals surface area contributed by atoms with Crippen LogP contribution >= 0.6 is 46.4 Å². The lowest BCUT2D eigenvalue weighted by Gasteiger charge is -2.35. The fourth-order valence-electron chi connectivity index (χ4n) is 9.49. The fraction of sp³-hybridized carbons (Fsp3) is 0.434. The molecule has 18 heteroatoms. The van der Waals surface area contributed by atoms with Gasteiger partial charge in [-0.1, -0.05) is 108 Å². The van der Waals surface area contributed by atoms with Crippen LogP contribution in [0.5, 0.6) is 0 Å². The quantitative estimate of drug-likeness (QED) is 0.0721. The molecule has 0 unspecified atom stereocenters. The number of nitrogens with one attached hydrogen (secondary N) is 2. The number of halogens is 4. The van der Waals surface area contributed by atoms with Crippen molar-refractivity contribution in [3.05, 3.63) is 127 Å². The number of hydrogen-bond donors (Lipinski definition) is 3. The van der Waals surface area contributed by atoms with E-state index < -0.39 is 46.7 Å². The van der Waals surface area contributed by atoms with E-state index in [1.54, 1.807) is 113 Å². The maximum absolute atomic E-state index is 13.6. The molecule has 0 heterocycles. The second kappa shape index (κ2) is 26.5. The molecule has 2 aliphatic carbocycles. The second-order valence-electron chi connectivity index (χ2n) is 18.1. The predicted octanol–water partition coefficient (Wildman–Crippen LogP) is 10.7. The number of hydrogen-bond acceptors (Lipinski definition) is 9. The summed E-state index contributed by atoms with van der Waals surface area (Å²) in [7, 11) is 7.78. The highest BCUT2D eigenvalue weighted by Gasteiger charge is 2.46. The SMILES string of the molecule is COCCC1(C(=O)N(C)[C@@H](Cc2ccc(NC(=O)c3c(Cl)cccc3Cl)cc2)C(=O)O)CCCC1.COCCC1(C(=O)N(C)[C@@H](Cc2ccc(NC(=O)c3c(Cl)cccc3Cl)cc2)C(=O)OC)CCCC1. The van der Waals surface area contributed by atoms with Crippen molar-refractivity contribution in [1.29, 1.82) is 0 Å². The average molecular weight is 1060 g/mol. The van der Waals surface area contributed by atoms with Crippen LogP contribution in [0.15, 0.2) is 84.9 Å². The number of aliphatic carboxylic acids is 1. The van der Waals surface area contributed by atoms with Crippen molar-refractivity contribution in [3.63, 3.8) is 0 Å². The van der Waals surface area contributed by atoms with Gasteiger partial charge in [0, 0.05) is 65.7 Å². The number of amides is 4. The van der Waals surface area contributed by atoms with Crippen molar-refractivity contribution in [2.75, 3.05) is 59.3 Å². The second-order valence-corrected chi connectivity index (χ2v) is 19.7. The van der Waals surface area contributed by atoms with Crippen molar-refractivity contribution in [3.8, 4) is 0 Å². The number of nitrogens with zero attached hydrogens (tertiary/aromatic N) is 2. The molecule has 0 saturated heterocycles. The van der Waals surface area contributed by atoms with Gasteiger partial charge in [-0.15, -0.1) is 0 Å². The van der Waals surface area contributed by atoms with Gasteiger partial charge in [0.25, 0.3) is 11.8 Å². The third kappa shape index (κ3) is 14.5. The van der Waals surface area contributed by atoms with Crippen LogP contribution in [-0.2, 0) is 46.2 Å². The number of methoxy groups -OCH3 is 3. The molecule has 0 aromatic heterocycles. The van der Waals surface area contributed by atoms with Gasteiger partial charge in [-0.25, -0.2) is 9.59 Å². The number of rotatable bonds is 20. The Morgan fingerprint density at radius 2 is 0.901 bits per heavy atom. The first kappa shape index (κ1) is 56.7. The lowest BCUT2D eigenvalue weighted by atomic mass is 9.81. The summed E-state index contributed by atoms with van der Waals surface area (Å²) in [6.07, 6.45) is 8.58. The molecule has 0 radical (unpaired) electrons. The van der Waals surface area contributed by atoms with Crippen LogP contribution in [0.3, 0.4) is 0 Å². The Labute approximate surface area is 435 Å². The highest BCUT2D eigenvalue weighted by atomic mass is 35.5. The minimum atomic E-state index is -1.06. The smallest absolute Gasteiger partial charge is 0.328 e. The summed E-state index contributed by atoms with van der Waals surface area (Å²) in [5, 5.41) is 16.4. The fourth-order valence-corrected chi connectivity index (χ4v) is 10.6. The number of carbonyl (C=O) groups excluding carboxylic acids is 5. The van der Waals surface area contributed by atoms with Gasteiger partial charge >= 0.3 is 11.9 Å².